The van der Waals surface area contributed by atoms with E-state index in [1.54, 1.807) is 25.3 Å². The van der Waals surface area contributed by atoms with E-state index in [0.29, 0.717) is 12.1 Å². The van der Waals surface area contributed by atoms with E-state index in [-0.39, 0.29) is 17.7 Å². The number of halogens is 3. The molecule has 146 valence electrons. The minimum atomic E-state index is -4.72. The smallest absolute Gasteiger partial charge is 0.411 e. The Morgan fingerprint density at radius 2 is 2.19 bits per heavy atom. The lowest BCUT2D eigenvalue weighted by Gasteiger charge is -2.22. The number of carbonyl (C=O) groups excluding carboxylic acids is 1. The lowest BCUT2D eigenvalue weighted by atomic mass is 9.96. The van der Waals surface area contributed by atoms with Gasteiger partial charge in [-0.25, -0.2) is 0 Å². The van der Waals surface area contributed by atoms with Crippen LogP contribution < -0.4 is 10.6 Å². The molecule has 5 nitrogen and oxygen atoms in total. The Bertz CT molecular complexity index is 789. The van der Waals surface area contributed by atoms with Gasteiger partial charge in [-0.05, 0) is 62.5 Å². The number of hydrogen-bond acceptors (Lipinski definition) is 4. The number of pyridine rings is 1. The van der Waals surface area contributed by atoms with Crippen LogP contribution in [0.4, 0.5) is 13.2 Å². The maximum atomic E-state index is 12.4. The molecule has 1 amide bonds. The topological polar surface area (TPSA) is 63.2 Å². The van der Waals surface area contributed by atoms with Crippen LogP contribution in [0.3, 0.4) is 0 Å². The highest BCUT2D eigenvalue weighted by Crippen LogP contribution is 2.37. The second kappa shape index (κ2) is 7.34. The third-order valence-corrected chi connectivity index (χ3v) is 5.00. The summed E-state index contributed by atoms with van der Waals surface area (Å²) in [5, 5.41) is 6.26. The summed E-state index contributed by atoms with van der Waals surface area (Å²) < 4.78 is 41.1. The molecule has 2 aliphatic rings. The minimum absolute atomic E-state index is 0.0261. The van der Waals surface area contributed by atoms with Crippen molar-refractivity contribution in [3.05, 3.63) is 47.5 Å². The number of alkyl halides is 3. The molecular formula is C19H22F3N3O2. The van der Waals surface area contributed by atoms with Gasteiger partial charge in [0.2, 0.25) is 5.91 Å². The molecule has 0 aromatic carbocycles. The molecule has 0 unspecified atom stereocenters. The number of carbonyl (C=O) groups is 1. The lowest BCUT2D eigenvalue weighted by Crippen LogP contribution is -2.47. The number of ether oxygens (including phenoxy) is 1. The van der Waals surface area contributed by atoms with Crippen LogP contribution in [0, 0.1) is 0 Å². The molecule has 0 aliphatic carbocycles. The van der Waals surface area contributed by atoms with Gasteiger partial charge in [0.25, 0.3) is 0 Å². The van der Waals surface area contributed by atoms with E-state index in [2.05, 4.69) is 20.4 Å². The molecule has 3 heterocycles. The first-order valence-electron chi connectivity index (χ1n) is 8.85. The van der Waals surface area contributed by atoms with Crippen LogP contribution in [0.1, 0.15) is 50.4 Å². The number of hydrogen-bond donors (Lipinski definition) is 2. The van der Waals surface area contributed by atoms with Crippen molar-refractivity contribution in [1.82, 2.24) is 15.6 Å². The SMILES string of the molecule is C/C=C(\C=C(/C)OC(F)(F)F)c1ccnc([C@@H]2CC[C@@]3(CCNC3=O)N2)c1. The molecule has 2 N–H and O–H groups in total. The third-order valence-electron chi connectivity index (χ3n) is 5.00. The molecule has 0 saturated carbocycles. The Morgan fingerprint density at radius 1 is 1.41 bits per heavy atom. The molecule has 2 atom stereocenters. The third kappa shape index (κ3) is 4.32. The van der Waals surface area contributed by atoms with Gasteiger partial charge in [-0.1, -0.05) is 6.08 Å². The Labute approximate surface area is 155 Å². The summed E-state index contributed by atoms with van der Waals surface area (Å²) in [6.45, 7) is 3.68. The van der Waals surface area contributed by atoms with Gasteiger partial charge in [0.05, 0.1) is 11.7 Å². The van der Waals surface area contributed by atoms with Gasteiger partial charge >= 0.3 is 6.36 Å². The van der Waals surface area contributed by atoms with E-state index in [1.807, 2.05) is 6.07 Å². The van der Waals surface area contributed by atoms with Crippen LogP contribution >= 0.6 is 0 Å². The Morgan fingerprint density at radius 3 is 2.81 bits per heavy atom. The van der Waals surface area contributed by atoms with Gasteiger partial charge in [0.1, 0.15) is 11.3 Å². The van der Waals surface area contributed by atoms with Crippen molar-refractivity contribution < 1.29 is 22.7 Å². The largest absolute Gasteiger partial charge is 0.572 e. The van der Waals surface area contributed by atoms with E-state index in [0.717, 1.165) is 30.5 Å². The summed E-state index contributed by atoms with van der Waals surface area (Å²) in [7, 11) is 0. The minimum Gasteiger partial charge on any atom is -0.411 e. The predicted molar refractivity (Wildman–Crippen MR) is 94.3 cm³/mol. The normalized spacial score (nSPS) is 26.6. The van der Waals surface area contributed by atoms with Gasteiger partial charge in [0, 0.05) is 12.7 Å². The summed E-state index contributed by atoms with van der Waals surface area (Å²) >= 11 is 0. The average molecular weight is 381 g/mol. The molecule has 3 rings (SSSR count). The van der Waals surface area contributed by atoms with Gasteiger partial charge in [-0.3, -0.25) is 15.1 Å². The zero-order valence-electron chi connectivity index (χ0n) is 15.2. The molecule has 1 aromatic heterocycles. The lowest BCUT2D eigenvalue weighted by molar-refractivity contribution is -0.305. The maximum Gasteiger partial charge on any atom is 0.572 e. The fraction of sp³-hybridized carbons (Fsp3) is 0.474. The molecule has 27 heavy (non-hydrogen) atoms. The van der Waals surface area contributed by atoms with Crippen LogP contribution in [0.5, 0.6) is 0 Å². The van der Waals surface area contributed by atoms with Crippen LogP contribution in [0.15, 0.2) is 36.2 Å². The molecule has 1 spiro atoms. The fourth-order valence-corrected chi connectivity index (χ4v) is 3.72. The molecule has 2 aliphatic heterocycles. The number of rotatable bonds is 4. The molecular weight excluding hydrogens is 359 g/mol. The highest BCUT2D eigenvalue weighted by molar-refractivity contribution is 5.88. The predicted octanol–water partition coefficient (Wildman–Crippen LogP) is 3.61. The summed E-state index contributed by atoms with van der Waals surface area (Å²) in [6, 6.07) is 3.52. The zero-order chi connectivity index (χ0) is 19.7. The van der Waals surface area contributed by atoms with Crippen molar-refractivity contribution >= 4 is 11.5 Å². The number of amides is 1. The van der Waals surface area contributed by atoms with E-state index >= 15 is 0 Å². The van der Waals surface area contributed by atoms with Crippen LogP contribution in [-0.2, 0) is 9.53 Å². The summed E-state index contributed by atoms with van der Waals surface area (Å²) in [6.07, 6.45) is 2.25. The number of allylic oxidation sites excluding steroid dienone is 4. The second-order valence-corrected chi connectivity index (χ2v) is 6.84. The standard InChI is InChI=1S/C19H22F3N3O2/c1-3-13(10-12(2)27-19(20,21)22)14-5-8-23-16(11-14)15-4-6-18(25-15)7-9-24-17(18)26/h3,5,8,10-11,15,25H,4,6-7,9H2,1-2H3,(H,24,26)/b12-10+,13-3+/t15-,18-/m0/s1. The first-order chi connectivity index (χ1) is 12.7. The number of aromatic nitrogens is 1. The molecule has 2 saturated heterocycles. The van der Waals surface area contributed by atoms with Gasteiger partial charge in [-0.15, -0.1) is 13.2 Å². The van der Waals surface area contributed by atoms with Crippen molar-refractivity contribution in [3.63, 3.8) is 0 Å². The summed E-state index contributed by atoms with van der Waals surface area (Å²) in [5.41, 5.74) is 1.59. The number of nitrogens with zero attached hydrogens (tertiary/aromatic N) is 1. The van der Waals surface area contributed by atoms with E-state index in [9.17, 15) is 18.0 Å². The monoisotopic (exact) mass is 381 g/mol. The Kier molecular flexibility index (Phi) is 5.28. The molecule has 2 fully saturated rings. The Hall–Kier alpha value is -2.35. The van der Waals surface area contributed by atoms with Crippen LogP contribution in [0.2, 0.25) is 0 Å². The van der Waals surface area contributed by atoms with Gasteiger partial charge in [-0.2, -0.15) is 0 Å². The van der Waals surface area contributed by atoms with Gasteiger partial charge < -0.3 is 10.1 Å². The Balaban J connectivity index is 1.79. The van der Waals surface area contributed by atoms with Crippen molar-refractivity contribution in [2.75, 3.05) is 6.54 Å². The van der Waals surface area contributed by atoms with E-state index in [4.69, 9.17) is 0 Å². The van der Waals surface area contributed by atoms with Crippen molar-refractivity contribution in [1.29, 1.82) is 0 Å². The van der Waals surface area contributed by atoms with Crippen molar-refractivity contribution in [3.8, 4) is 0 Å². The second-order valence-electron chi connectivity index (χ2n) is 6.84. The van der Waals surface area contributed by atoms with Crippen molar-refractivity contribution in [2.24, 2.45) is 0 Å². The molecule has 0 radical (unpaired) electrons. The highest BCUT2D eigenvalue weighted by Gasteiger charge is 2.48. The van der Waals surface area contributed by atoms with Crippen LogP contribution in [0.25, 0.3) is 5.57 Å². The summed E-state index contributed by atoms with van der Waals surface area (Å²) in [4.78, 5) is 16.5. The zero-order valence-corrected chi connectivity index (χ0v) is 15.2. The highest BCUT2D eigenvalue weighted by atomic mass is 19.4. The van der Waals surface area contributed by atoms with E-state index in [1.165, 1.54) is 13.0 Å². The van der Waals surface area contributed by atoms with Crippen LogP contribution in [-0.4, -0.2) is 29.3 Å². The van der Waals surface area contributed by atoms with Gasteiger partial charge in [0.15, 0.2) is 0 Å². The first-order valence-corrected chi connectivity index (χ1v) is 8.85. The van der Waals surface area contributed by atoms with E-state index < -0.39 is 11.9 Å². The first kappa shape index (κ1) is 19.4. The quantitative estimate of drug-likeness (QED) is 0.618. The maximum absolute atomic E-state index is 12.4. The number of nitrogens with one attached hydrogen (secondary N) is 2. The molecule has 1 aromatic rings. The fourth-order valence-electron chi connectivity index (χ4n) is 3.72. The summed E-state index contributed by atoms with van der Waals surface area (Å²) in [5.74, 6) is -0.215. The average Bonchev–Trinajstić information content (AvgIpc) is 3.19. The van der Waals surface area contributed by atoms with Crippen molar-refractivity contribution in [2.45, 2.75) is 51.1 Å². The molecule has 0 bridgehead atoms. The molecule has 8 heteroatoms.